The van der Waals surface area contributed by atoms with E-state index in [-0.39, 0.29) is 11.7 Å². The monoisotopic (exact) mass is 370 g/mol. The zero-order chi connectivity index (χ0) is 18.7. The van der Waals surface area contributed by atoms with Crippen molar-refractivity contribution < 1.29 is 41.2 Å². The van der Waals surface area contributed by atoms with Crippen molar-refractivity contribution in [2.75, 3.05) is 7.11 Å². The Labute approximate surface area is 150 Å². The van der Waals surface area contributed by atoms with Gasteiger partial charge in [-0.1, -0.05) is 44.2 Å². The summed E-state index contributed by atoms with van der Waals surface area (Å²) in [6, 6.07) is 10.2. The number of phenolic OH excluding ortho intramolecular Hbond substituents is 1. The average Bonchev–Trinajstić information content (AvgIpc) is 2.60. The van der Waals surface area contributed by atoms with Crippen LogP contribution in [0.3, 0.4) is 0 Å². The zero-order valence-electron chi connectivity index (χ0n) is 13.7. The summed E-state index contributed by atoms with van der Waals surface area (Å²) in [6.07, 6.45) is 1.45. The summed E-state index contributed by atoms with van der Waals surface area (Å²) < 4.78 is 8.19. The Bertz CT molecular complexity index is 688. The van der Waals surface area contributed by atoms with Gasteiger partial charge in [0.05, 0.1) is 0 Å². The molecular formula is C17H21NO5V. The van der Waals surface area contributed by atoms with Gasteiger partial charge in [-0.3, -0.25) is 4.99 Å². The van der Waals surface area contributed by atoms with Crippen LogP contribution < -0.4 is 0 Å². The first kappa shape index (κ1) is 22.0. The molecule has 129 valence electrons. The van der Waals surface area contributed by atoms with Gasteiger partial charge in [-0.05, 0) is 22.8 Å². The molecule has 0 amide bonds. The second-order valence-corrected chi connectivity index (χ2v) is 5.02. The minimum absolute atomic E-state index is 0.0975. The number of hydrogen-bond donors (Lipinski definition) is 3. The van der Waals surface area contributed by atoms with Crippen LogP contribution in [-0.4, -0.2) is 40.7 Å². The van der Waals surface area contributed by atoms with Gasteiger partial charge in [-0.25, -0.2) is 4.79 Å². The third kappa shape index (κ3) is 5.88. The number of fused-ring (bicyclic) bond motifs is 1. The van der Waals surface area contributed by atoms with E-state index in [9.17, 15) is 9.90 Å². The van der Waals surface area contributed by atoms with Crippen molar-refractivity contribution >= 4 is 23.0 Å². The summed E-state index contributed by atoms with van der Waals surface area (Å²) in [4.78, 5) is 15.3. The van der Waals surface area contributed by atoms with Crippen molar-refractivity contribution in [1.29, 1.82) is 0 Å². The van der Waals surface area contributed by atoms with Crippen LogP contribution >= 0.6 is 0 Å². The van der Waals surface area contributed by atoms with Crippen LogP contribution in [0.1, 0.15) is 19.4 Å². The maximum absolute atomic E-state index is 11.1. The van der Waals surface area contributed by atoms with Crippen LogP contribution in [0, 0.1) is 5.92 Å². The first-order valence-electron chi connectivity index (χ1n) is 7.10. The fraction of sp³-hybridized carbons (Fsp3) is 0.294. The van der Waals surface area contributed by atoms with E-state index < -0.39 is 12.0 Å². The van der Waals surface area contributed by atoms with E-state index >= 15 is 0 Å². The molecule has 0 saturated heterocycles. The van der Waals surface area contributed by atoms with Crippen LogP contribution in [0.2, 0.25) is 0 Å². The number of aromatic hydroxyl groups is 1. The number of hydrogen-bond acceptors (Lipinski definition) is 5. The molecule has 0 aliphatic heterocycles. The SMILES string of the molecule is CC(C)[C@@H](N=Cc1c(O)ccc2ccccc12)C(=O)O.CO.[O]=[V]. The van der Waals surface area contributed by atoms with Crippen molar-refractivity contribution in [1.82, 2.24) is 0 Å². The molecule has 24 heavy (non-hydrogen) atoms. The van der Waals surface area contributed by atoms with Crippen LogP contribution in [0.5, 0.6) is 5.75 Å². The molecule has 0 radical (unpaired) electrons. The van der Waals surface area contributed by atoms with E-state index in [1.54, 1.807) is 19.9 Å². The van der Waals surface area contributed by atoms with Gasteiger partial charge < -0.3 is 15.3 Å². The number of nitrogens with zero attached hydrogens (tertiary/aromatic N) is 1. The maximum atomic E-state index is 11.1. The number of aliphatic hydroxyl groups excluding tert-OH is 1. The number of phenols is 1. The van der Waals surface area contributed by atoms with E-state index in [0.717, 1.165) is 35.3 Å². The van der Waals surface area contributed by atoms with Crippen LogP contribution in [0.4, 0.5) is 0 Å². The number of carboxylic acid groups (broad SMARTS) is 1. The Morgan fingerprint density at radius 1 is 1.12 bits per heavy atom. The molecule has 0 fully saturated rings. The van der Waals surface area contributed by atoms with Crippen molar-refractivity contribution in [2.24, 2.45) is 10.9 Å². The minimum atomic E-state index is -0.962. The molecule has 2 aromatic rings. The van der Waals surface area contributed by atoms with Crippen molar-refractivity contribution in [3.05, 3.63) is 42.0 Å². The summed E-state index contributed by atoms with van der Waals surface area (Å²) in [5, 5.41) is 27.9. The Morgan fingerprint density at radius 2 is 1.71 bits per heavy atom. The summed E-state index contributed by atoms with van der Waals surface area (Å²) >= 11 is 1.06. The molecule has 0 aliphatic rings. The molecular weight excluding hydrogens is 349 g/mol. The van der Waals surface area contributed by atoms with Crippen LogP contribution in [-0.2, 0) is 25.8 Å². The van der Waals surface area contributed by atoms with Crippen LogP contribution in [0.15, 0.2) is 41.4 Å². The molecule has 0 bridgehead atoms. The van der Waals surface area contributed by atoms with Gasteiger partial charge in [0, 0.05) is 18.9 Å². The van der Waals surface area contributed by atoms with E-state index in [1.165, 1.54) is 6.21 Å². The van der Waals surface area contributed by atoms with Gasteiger partial charge in [0.25, 0.3) is 0 Å². The summed E-state index contributed by atoms with van der Waals surface area (Å²) in [6.45, 7) is 3.61. The average molecular weight is 370 g/mol. The quantitative estimate of drug-likeness (QED) is 0.717. The first-order valence-corrected chi connectivity index (χ1v) is 7.67. The van der Waals surface area contributed by atoms with Gasteiger partial charge in [0.2, 0.25) is 0 Å². The Kier molecular flexibility index (Phi) is 10.5. The molecule has 7 heteroatoms. The Hall–Kier alpha value is -2.02. The standard InChI is InChI=1S/C16H17NO3.CH4O.O.V/c1-10(2)15(16(19)20)17-9-13-12-6-4-3-5-11(12)7-8-14(13)18;1-2;;/h3-10,15,18H,1-2H3,(H,19,20);2H,1H3;;/t15-;;;/m1.../s1. The molecule has 6 nitrogen and oxygen atoms in total. The molecule has 0 aliphatic carbocycles. The normalized spacial score (nSPS) is 11.3. The molecule has 0 heterocycles. The second kappa shape index (κ2) is 11.5. The molecule has 0 spiro atoms. The fourth-order valence-electron chi connectivity index (χ4n) is 2.10. The Balaban J connectivity index is 0.00000123. The third-order valence-corrected chi connectivity index (χ3v) is 3.20. The van der Waals surface area contributed by atoms with Gasteiger partial charge in [0.1, 0.15) is 11.8 Å². The second-order valence-electron chi connectivity index (χ2n) is 5.02. The number of aliphatic hydroxyl groups is 1. The van der Waals surface area contributed by atoms with E-state index in [0.29, 0.717) is 5.56 Å². The summed E-state index contributed by atoms with van der Waals surface area (Å²) in [7, 11) is 1.00. The molecule has 2 rings (SSSR count). The van der Waals surface area contributed by atoms with Crippen LogP contribution in [0.25, 0.3) is 10.8 Å². The number of aliphatic carboxylic acids is 1. The van der Waals surface area contributed by atoms with E-state index in [4.69, 9.17) is 13.9 Å². The molecule has 0 aromatic heterocycles. The molecule has 1 atom stereocenters. The number of carboxylic acids is 1. The van der Waals surface area contributed by atoms with Crippen molar-refractivity contribution in [3.8, 4) is 5.75 Å². The molecule has 2 aromatic carbocycles. The first-order chi connectivity index (χ1) is 11.5. The molecule has 0 saturated carbocycles. The Morgan fingerprint density at radius 3 is 2.25 bits per heavy atom. The third-order valence-electron chi connectivity index (χ3n) is 3.20. The number of benzene rings is 2. The predicted octanol–water partition coefficient (Wildman–Crippen LogP) is 2.56. The number of carbonyl (C=O) groups is 1. The van der Waals surface area contributed by atoms with E-state index in [2.05, 4.69) is 4.99 Å². The van der Waals surface area contributed by atoms with Gasteiger partial charge in [-0.2, -0.15) is 0 Å². The van der Waals surface area contributed by atoms with Crippen molar-refractivity contribution in [3.63, 3.8) is 0 Å². The van der Waals surface area contributed by atoms with Gasteiger partial charge >= 0.3 is 27.0 Å². The topological polar surface area (TPSA) is 107 Å². The summed E-state index contributed by atoms with van der Waals surface area (Å²) in [5.74, 6) is -0.975. The summed E-state index contributed by atoms with van der Waals surface area (Å²) in [5.41, 5.74) is 0.551. The number of aliphatic imine (C=N–C) groups is 1. The van der Waals surface area contributed by atoms with Gasteiger partial charge in [0.15, 0.2) is 0 Å². The van der Waals surface area contributed by atoms with E-state index in [1.807, 2.05) is 30.3 Å². The van der Waals surface area contributed by atoms with Gasteiger partial charge in [-0.15, -0.1) is 0 Å². The zero-order valence-corrected chi connectivity index (χ0v) is 15.1. The molecule has 0 unspecified atom stereocenters. The number of rotatable bonds is 4. The fourth-order valence-corrected chi connectivity index (χ4v) is 2.10. The van der Waals surface area contributed by atoms with Crippen molar-refractivity contribution in [2.45, 2.75) is 19.9 Å². The molecule has 3 N–H and O–H groups in total. The predicted molar refractivity (Wildman–Crippen MR) is 88.3 cm³/mol.